The number of carbonyl (C=O) groups is 9. The van der Waals surface area contributed by atoms with Crippen molar-refractivity contribution in [2.45, 2.75) is 126 Å². The van der Waals surface area contributed by atoms with E-state index >= 15 is 0 Å². The number of ether oxygens (including phenoxy) is 3. The van der Waals surface area contributed by atoms with Crippen molar-refractivity contribution in [1.29, 1.82) is 0 Å². The first-order valence-electron chi connectivity index (χ1n) is 31.4. The first kappa shape index (κ1) is 70.5. The largest absolute Gasteiger partial charge is 0.478 e. The van der Waals surface area contributed by atoms with Crippen molar-refractivity contribution in [3.63, 3.8) is 0 Å². The van der Waals surface area contributed by atoms with E-state index in [0.29, 0.717) is 88.2 Å². The molecule has 0 aliphatic carbocycles. The van der Waals surface area contributed by atoms with E-state index in [4.69, 9.17) is 14.2 Å². The normalized spacial score (nSPS) is 14.2. The monoisotopic (exact) mass is 1280 g/mol. The van der Waals surface area contributed by atoms with E-state index in [2.05, 4.69) is 69.1 Å². The molecular formula is C66H85N13O14. The van der Waals surface area contributed by atoms with Crippen molar-refractivity contribution in [2.75, 3.05) is 84.6 Å². The Morgan fingerprint density at radius 1 is 0.376 bits per heavy atom. The zero-order valence-electron chi connectivity index (χ0n) is 53.6. The summed E-state index contributed by atoms with van der Waals surface area (Å²) in [6.45, 7) is 15.5. The first-order chi connectivity index (χ1) is 44.9. The van der Waals surface area contributed by atoms with Gasteiger partial charge in [0.25, 0.3) is 5.91 Å². The standard InChI is InChI=1S/C66H85N13O14/c1-8-40-46-21-22-68-61(85)74-53-19-16-38(59(81)82)30-56(53)78-65(89)72-35-50-43(11-4)49-34-71-64(88)77-55-29-37(58(80)67-23-24-92-27-28-93-26-25-91-14-7)15-18-52(55)75-62(86)69-32-47(40)42(10-3)48(41(46)9-2)33-70-63(87)76-54-20-17-39(60(83)84)31-57(54)79-66(90)73-36-51(44(49)12-5)45(50)13-6/h15-20,29-31H,8-14,21-28,32-36H2,1-7H3,(H,67,80)(H,81,82)(H,83,84)(H2,68,74,85)(H2,69,75,86)(H2,70,76,87)(H2,71,77,88)(H2,72,78,89)(H2,73,79,90). The molecule has 8 rings (SSSR count). The molecule has 0 atom stereocenters. The summed E-state index contributed by atoms with van der Waals surface area (Å²) in [5.41, 5.74) is 9.03. The van der Waals surface area contributed by atoms with Crippen molar-refractivity contribution in [2.24, 2.45) is 0 Å². The number of benzene rings is 5. The van der Waals surface area contributed by atoms with Crippen molar-refractivity contribution in [3.05, 3.63) is 138 Å². The smallest absolute Gasteiger partial charge is 0.335 e. The van der Waals surface area contributed by atoms with Crippen LogP contribution in [0.4, 0.5) is 62.9 Å². The summed E-state index contributed by atoms with van der Waals surface area (Å²) < 4.78 is 16.4. The number of carbonyl (C=O) groups excluding carboxylic acids is 7. The van der Waals surface area contributed by atoms with Gasteiger partial charge in [0.05, 0.1) is 78.3 Å². The summed E-state index contributed by atoms with van der Waals surface area (Å²) >= 11 is 0. The van der Waals surface area contributed by atoms with Crippen molar-refractivity contribution < 1.29 is 67.6 Å². The lowest BCUT2D eigenvalue weighted by molar-refractivity contribution is 0.0175. The maximum Gasteiger partial charge on any atom is 0.335 e. The Morgan fingerprint density at radius 2 is 0.667 bits per heavy atom. The molecule has 0 radical (unpaired) electrons. The Hall–Kier alpha value is -9.99. The van der Waals surface area contributed by atoms with Gasteiger partial charge in [-0.2, -0.15) is 0 Å². The van der Waals surface area contributed by atoms with Gasteiger partial charge in [0, 0.05) is 58.0 Å². The van der Waals surface area contributed by atoms with Gasteiger partial charge >= 0.3 is 48.1 Å². The van der Waals surface area contributed by atoms with Crippen LogP contribution in [-0.2, 0) is 91.9 Å². The molecule has 13 amide bonds. The molecule has 3 aliphatic heterocycles. The van der Waals surface area contributed by atoms with E-state index in [0.717, 1.165) is 50.1 Å². The SMILES string of the molecule is CCOCCOCCOCCNC(=O)c1ccc2c(c1)NC(=O)NCc1c(CC)c3c(CC)c(c1CC)CNC(=O)Nc1cc(C(=O)O)ccc1NC(=O)NCc1c(CC)c(c(CC)c(c1CC)CNC(=O)N2)CCNC(=O)Nc1ccc(C(=O)O)cc1NC(=O)NC3. The van der Waals surface area contributed by atoms with E-state index in [1.54, 1.807) is 0 Å². The van der Waals surface area contributed by atoms with Crippen LogP contribution >= 0.6 is 0 Å². The van der Waals surface area contributed by atoms with E-state index in [-0.39, 0.29) is 110 Å². The molecule has 5 aromatic carbocycles. The maximum absolute atomic E-state index is 14.5. The number of hydrogen-bond donors (Lipinski definition) is 15. The van der Waals surface area contributed by atoms with Gasteiger partial charge in [-0.1, -0.05) is 41.5 Å². The summed E-state index contributed by atoms with van der Waals surface area (Å²) in [6, 6.07) is 7.89. The van der Waals surface area contributed by atoms with Crippen LogP contribution < -0.4 is 69.1 Å². The number of rotatable bonds is 19. The molecule has 0 unspecified atom stereocenters. The summed E-state index contributed by atoms with van der Waals surface area (Å²) in [6.07, 6.45) is 2.71. The molecule has 15 N–H and O–H groups in total. The van der Waals surface area contributed by atoms with E-state index in [1.807, 2.05) is 48.5 Å². The average Bonchev–Trinajstić information content (AvgIpc) is 0.806. The zero-order chi connectivity index (χ0) is 67.1. The number of carboxylic acid groups (broad SMARTS) is 2. The molecule has 93 heavy (non-hydrogen) atoms. The highest BCUT2D eigenvalue weighted by Gasteiger charge is 2.27. The van der Waals surface area contributed by atoms with Crippen LogP contribution in [-0.4, -0.2) is 117 Å². The second kappa shape index (κ2) is 34.4. The summed E-state index contributed by atoms with van der Waals surface area (Å²) in [4.78, 5) is 124. The Labute approximate surface area is 539 Å². The number of aromatic carboxylic acids is 2. The summed E-state index contributed by atoms with van der Waals surface area (Å²) in [5.74, 6) is -3.07. The number of urea groups is 6. The van der Waals surface area contributed by atoms with Crippen molar-refractivity contribution in [1.82, 2.24) is 37.2 Å². The van der Waals surface area contributed by atoms with E-state index in [1.165, 1.54) is 54.6 Å². The van der Waals surface area contributed by atoms with Gasteiger partial charge in [0.1, 0.15) is 0 Å². The van der Waals surface area contributed by atoms with Gasteiger partial charge in [-0.15, -0.1) is 0 Å². The minimum Gasteiger partial charge on any atom is -0.478 e. The number of carboxylic acids is 2. The molecule has 6 bridgehead atoms. The summed E-state index contributed by atoms with van der Waals surface area (Å²) in [5, 5.41) is 57.5. The third-order valence-corrected chi connectivity index (χ3v) is 16.1. The molecule has 27 nitrogen and oxygen atoms in total. The van der Waals surface area contributed by atoms with Crippen LogP contribution in [0, 0.1) is 0 Å². The quantitative estimate of drug-likeness (QED) is 0.0343. The lowest BCUT2D eigenvalue weighted by Crippen LogP contribution is -2.34. The molecule has 3 heterocycles. The van der Waals surface area contributed by atoms with Crippen molar-refractivity contribution >= 4 is 88.2 Å². The maximum atomic E-state index is 14.5. The fraction of sp³-hybridized carbons (Fsp3) is 0.409. The first-order valence-corrected chi connectivity index (χ1v) is 31.4. The highest BCUT2D eigenvalue weighted by Crippen LogP contribution is 2.35. The van der Waals surface area contributed by atoms with Gasteiger partial charge in [-0.05, 0) is 173 Å². The molecule has 0 saturated carbocycles. The van der Waals surface area contributed by atoms with Gasteiger partial charge in [0.15, 0.2) is 0 Å². The number of anilines is 6. The molecule has 27 heteroatoms. The highest BCUT2D eigenvalue weighted by atomic mass is 16.5. The average molecular weight is 1280 g/mol. The van der Waals surface area contributed by atoms with Crippen LogP contribution in [0.2, 0.25) is 0 Å². The van der Waals surface area contributed by atoms with Crippen LogP contribution in [0.3, 0.4) is 0 Å². The number of fused-ring (bicyclic) bond motifs is 19. The molecule has 0 saturated heterocycles. The third-order valence-electron chi connectivity index (χ3n) is 16.1. The lowest BCUT2D eigenvalue weighted by Gasteiger charge is -2.27. The number of amides is 13. The fourth-order valence-corrected chi connectivity index (χ4v) is 11.9. The summed E-state index contributed by atoms with van der Waals surface area (Å²) in [7, 11) is 0. The Morgan fingerprint density at radius 3 is 1.00 bits per heavy atom. The fourth-order valence-electron chi connectivity index (χ4n) is 11.9. The third kappa shape index (κ3) is 18.6. The van der Waals surface area contributed by atoms with Crippen LogP contribution in [0.15, 0.2) is 54.6 Å². The Balaban J connectivity index is 1.39. The van der Waals surface area contributed by atoms with Gasteiger partial charge < -0.3 is 93.5 Å². The molecule has 5 aromatic rings. The van der Waals surface area contributed by atoms with E-state index < -0.39 is 54.0 Å². The minimum absolute atomic E-state index is 0.0290. The van der Waals surface area contributed by atoms with Crippen LogP contribution in [0.25, 0.3) is 0 Å². The number of nitrogens with one attached hydrogen (secondary N) is 13. The molecular weight excluding hydrogens is 1200 g/mol. The van der Waals surface area contributed by atoms with Gasteiger partial charge in [-0.25, -0.2) is 38.4 Å². The van der Waals surface area contributed by atoms with E-state index in [9.17, 15) is 53.4 Å². The van der Waals surface area contributed by atoms with Crippen LogP contribution in [0.1, 0.15) is 146 Å². The predicted octanol–water partition coefficient (Wildman–Crippen LogP) is 8.86. The second-order valence-corrected chi connectivity index (χ2v) is 21.6. The highest BCUT2D eigenvalue weighted by molar-refractivity contribution is 6.04. The molecule has 0 aromatic heterocycles. The molecule has 0 spiro atoms. The molecule has 0 fully saturated rings. The molecule has 498 valence electrons. The second-order valence-electron chi connectivity index (χ2n) is 21.6. The predicted molar refractivity (Wildman–Crippen MR) is 353 cm³/mol. The molecule has 3 aliphatic rings. The Kier molecular flexibility index (Phi) is 26.1. The Bertz CT molecular complexity index is 3610. The van der Waals surface area contributed by atoms with Crippen molar-refractivity contribution in [3.8, 4) is 0 Å². The minimum atomic E-state index is -1.29. The number of hydrogen-bond acceptors (Lipinski definition) is 12. The van der Waals surface area contributed by atoms with Gasteiger partial charge in [0.2, 0.25) is 0 Å². The zero-order valence-corrected chi connectivity index (χ0v) is 53.6. The lowest BCUT2D eigenvalue weighted by atomic mass is 9.82. The van der Waals surface area contributed by atoms with Gasteiger partial charge in [-0.3, -0.25) is 4.79 Å². The van der Waals surface area contributed by atoms with Crippen LogP contribution in [0.5, 0.6) is 0 Å². The topological polar surface area (TPSA) is 378 Å².